The minimum atomic E-state index is -1.18. The van der Waals surface area contributed by atoms with Gasteiger partial charge in [-0.15, -0.1) is 0 Å². The average Bonchev–Trinajstić information content (AvgIpc) is 2.92. The molecule has 3 aromatic rings. The summed E-state index contributed by atoms with van der Waals surface area (Å²) in [4.78, 5) is 36.5. The van der Waals surface area contributed by atoms with Crippen LogP contribution in [0.15, 0.2) is 84.0 Å². The van der Waals surface area contributed by atoms with Crippen LogP contribution in [-0.2, 0) is 16.1 Å². The largest absolute Gasteiger partial charge is 0.338 e. The molecule has 0 fully saturated rings. The molecule has 2 atom stereocenters. The average molecular weight is 489 g/mol. The van der Waals surface area contributed by atoms with Gasteiger partial charge in [-0.25, -0.2) is 11.0 Å². The minimum Gasteiger partial charge on any atom is -0.338 e. The van der Waals surface area contributed by atoms with Gasteiger partial charge in [0.05, 0.1) is 12.6 Å². The molecule has 0 heterocycles. The maximum absolute atomic E-state index is 12.5. The fourth-order valence-electron chi connectivity index (χ4n) is 3.46. The first-order chi connectivity index (χ1) is 17.4. The molecule has 0 aliphatic carbocycles. The topological polar surface area (TPSA) is 156 Å². The lowest BCUT2D eigenvalue weighted by Crippen LogP contribution is -2.51. The van der Waals surface area contributed by atoms with Gasteiger partial charge in [0.15, 0.2) is 0 Å². The molecule has 0 radical (unpaired) electrons. The molecule has 10 heteroatoms. The Hall–Kier alpha value is -4.41. The first kappa shape index (κ1) is 26.2. The molecule has 6 N–H and O–H groups in total. The number of carbonyl (C=O) groups excluding carboxylic acids is 3. The molecule has 36 heavy (non-hydrogen) atoms. The van der Waals surface area contributed by atoms with Gasteiger partial charge in [0.25, 0.3) is 11.8 Å². The number of rotatable bonds is 11. The van der Waals surface area contributed by atoms with E-state index in [1.165, 1.54) is 12.4 Å². The van der Waals surface area contributed by atoms with E-state index in [9.17, 15) is 14.4 Å². The minimum absolute atomic E-state index is 0.144. The Labute approximate surface area is 208 Å². The fourth-order valence-corrected chi connectivity index (χ4v) is 3.46. The molecule has 3 amide bonds. The maximum Gasteiger partial charge on any atom is 0.268 e. The Bertz CT molecular complexity index is 1180. The summed E-state index contributed by atoms with van der Waals surface area (Å²) in [5.41, 5.74) is 12.4. The molecule has 0 aliphatic rings. The Balaban J connectivity index is 1.55. The van der Waals surface area contributed by atoms with E-state index in [1.807, 2.05) is 42.5 Å². The standard InChI is InChI=1S/C26H28N6O4/c1-17(31-27)24(26(35)32-36)30-25(34)21-9-7-19(8-10-21)20-11-13-22(14-12-20)29-23(33)16-28-15-18-5-3-2-4-6-18/h2-14,17,24,27-28,36H,15-16H2,1H3,(H,29,33)(H,30,34)(H,32,35)/t17-,24+/m1/s1. The molecule has 0 aromatic heterocycles. The summed E-state index contributed by atoms with van der Waals surface area (Å²) >= 11 is 0. The second kappa shape index (κ2) is 12.9. The van der Waals surface area contributed by atoms with Crippen LogP contribution in [0, 0.1) is 5.53 Å². The van der Waals surface area contributed by atoms with Gasteiger partial charge in [0.2, 0.25) is 5.91 Å². The van der Waals surface area contributed by atoms with Gasteiger partial charge in [-0.3, -0.25) is 19.6 Å². The Kier molecular flexibility index (Phi) is 9.38. The summed E-state index contributed by atoms with van der Waals surface area (Å²) in [6.45, 7) is 2.27. The van der Waals surface area contributed by atoms with Crippen LogP contribution >= 0.6 is 0 Å². The highest BCUT2D eigenvalue weighted by Gasteiger charge is 2.27. The van der Waals surface area contributed by atoms with Gasteiger partial charge in [-0.1, -0.05) is 54.6 Å². The van der Waals surface area contributed by atoms with E-state index in [-0.39, 0.29) is 12.5 Å². The molecular weight excluding hydrogens is 460 g/mol. The third kappa shape index (κ3) is 7.29. The quantitative estimate of drug-likeness (QED) is 0.139. The van der Waals surface area contributed by atoms with Crippen molar-refractivity contribution in [1.29, 1.82) is 5.53 Å². The number of hydrogen-bond acceptors (Lipinski definition) is 7. The third-order valence-electron chi connectivity index (χ3n) is 5.47. The van der Waals surface area contributed by atoms with E-state index in [0.29, 0.717) is 17.8 Å². The number of nitrogens with one attached hydrogen (secondary N) is 5. The second-order valence-electron chi connectivity index (χ2n) is 8.09. The molecule has 3 rings (SSSR count). The van der Waals surface area contributed by atoms with Crippen LogP contribution < -0.4 is 21.4 Å². The number of hydrogen-bond donors (Lipinski definition) is 6. The van der Waals surface area contributed by atoms with Gasteiger partial charge in [-0.05, 0) is 47.9 Å². The van der Waals surface area contributed by atoms with Crippen LogP contribution in [0.1, 0.15) is 22.8 Å². The van der Waals surface area contributed by atoms with Gasteiger partial charge >= 0.3 is 0 Å². The van der Waals surface area contributed by atoms with Crippen LogP contribution in [0.3, 0.4) is 0 Å². The number of hydroxylamine groups is 1. The van der Waals surface area contributed by atoms with Crippen molar-refractivity contribution >= 4 is 23.4 Å². The number of benzene rings is 3. The van der Waals surface area contributed by atoms with Crippen LogP contribution in [-0.4, -0.2) is 41.6 Å². The third-order valence-corrected chi connectivity index (χ3v) is 5.47. The monoisotopic (exact) mass is 488 g/mol. The zero-order chi connectivity index (χ0) is 25.9. The van der Waals surface area contributed by atoms with Gasteiger partial charge in [-0.2, -0.15) is 5.11 Å². The van der Waals surface area contributed by atoms with Crippen molar-refractivity contribution in [3.05, 3.63) is 90.0 Å². The zero-order valence-corrected chi connectivity index (χ0v) is 19.7. The van der Waals surface area contributed by atoms with Crippen LogP contribution in [0.4, 0.5) is 5.69 Å². The highest BCUT2D eigenvalue weighted by atomic mass is 16.5. The van der Waals surface area contributed by atoms with Crippen LogP contribution in [0.25, 0.3) is 11.1 Å². The molecule has 186 valence electrons. The van der Waals surface area contributed by atoms with Crippen molar-refractivity contribution in [3.8, 4) is 11.1 Å². The van der Waals surface area contributed by atoms with Crippen molar-refractivity contribution in [2.24, 2.45) is 5.11 Å². The number of amides is 3. The normalized spacial score (nSPS) is 12.2. The van der Waals surface area contributed by atoms with E-state index < -0.39 is 23.9 Å². The van der Waals surface area contributed by atoms with Gasteiger partial charge in [0.1, 0.15) is 6.04 Å². The zero-order valence-electron chi connectivity index (χ0n) is 19.7. The Morgan fingerprint density at radius 1 is 0.917 bits per heavy atom. The highest BCUT2D eigenvalue weighted by Crippen LogP contribution is 2.22. The van der Waals surface area contributed by atoms with Crippen LogP contribution in [0.2, 0.25) is 0 Å². The lowest BCUT2D eigenvalue weighted by atomic mass is 10.0. The lowest BCUT2D eigenvalue weighted by Gasteiger charge is -2.19. The molecule has 0 saturated carbocycles. The van der Waals surface area contributed by atoms with Gasteiger partial charge < -0.3 is 16.0 Å². The Morgan fingerprint density at radius 3 is 2.11 bits per heavy atom. The van der Waals surface area contributed by atoms with E-state index in [0.717, 1.165) is 16.7 Å². The maximum atomic E-state index is 12.5. The summed E-state index contributed by atoms with van der Waals surface area (Å²) in [7, 11) is 0. The molecule has 10 nitrogen and oxygen atoms in total. The van der Waals surface area contributed by atoms with Gasteiger partial charge in [0, 0.05) is 17.8 Å². The van der Waals surface area contributed by atoms with Crippen molar-refractivity contribution in [1.82, 2.24) is 16.1 Å². The summed E-state index contributed by atoms with van der Waals surface area (Å²) in [6.07, 6.45) is 0. The molecule has 0 unspecified atom stereocenters. The predicted molar refractivity (Wildman–Crippen MR) is 134 cm³/mol. The van der Waals surface area contributed by atoms with Crippen molar-refractivity contribution < 1.29 is 19.6 Å². The molecule has 0 spiro atoms. The number of anilines is 1. The number of nitrogens with zero attached hydrogens (tertiary/aromatic N) is 1. The van der Waals surface area contributed by atoms with Crippen molar-refractivity contribution in [3.63, 3.8) is 0 Å². The predicted octanol–water partition coefficient (Wildman–Crippen LogP) is 3.11. The smallest absolute Gasteiger partial charge is 0.268 e. The summed E-state index contributed by atoms with van der Waals surface area (Å²) in [5.74, 6) is -1.54. The van der Waals surface area contributed by atoms with Crippen LogP contribution in [0.5, 0.6) is 0 Å². The molecule has 3 aromatic carbocycles. The first-order valence-corrected chi connectivity index (χ1v) is 11.3. The van der Waals surface area contributed by atoms with Crippen molar-refractivity contribution in [2.45, 2.75) is 25.6 Å². The van der Waals surface area contributed by atoms with E-state index >= 15 is 0 Å². The Morgan fingerprint density at radius 2 is 1.53 bits per heavy atom. The number of carbonyl (C=O) groups is 3. The summed E-state index contributed by atoms with van der Waals surface area (Å²) < 4.78 is 0. The molecule has 0 saturated heterocycles. The molecule has 0 bridgehead atoms. The second-order valence-corrected chi connectivity index (χ2v) is 8.09. The molecule has 0 aliphatic heterocycles. The summed E-state index contributed by atoms with van der Waals surface area (Å²) in [6, 6.07) is 21.9. The SMILES string of the molecule is C[C@@H](N=N)[C@H](NC(=O)c1ccc(-c2ccc(NC(=O)CNCc3ccccc3)cc2)cc1)C(=O)NO. The fraction of sp³-hybridized carbons (Fsp3) is 0.192. The van der Waals surface area contributed by atoms with E-state index in [2.05, 4.69) is 21.1 Å². The molecular formula is C26H28N6O4. The highest BCUT2D eigenvalue weighted by molar-refractivity contribution is 5.98. The van der Waals surface area contributed by atoms with Crippen molar-refractivity contribution in [2.75, 3.05) is 11.9 Å². The lowest BCUT2D eigenvalue weighted by molar-refractivity contribution is -0.131. The van der Waals surface area contributed by atoms with E-state index in [1.54, 1.807) is 36.4 Å². The van der Waals surface area contributed by atoms with E-state index in [4.69, 9.17) is 10.7 Å². The summed E-state index contributed by atoms with van der Waals surface area (Å²) in [5, 5.41) is 20.5. The first-order valence-electron chi connectivity index (χ1n) is 11.3.